The van der Waals surface area contributed by atoms with Crippen molar-refractivity contribution in [1.29, 1.82) is 0 Å². The van der Waals surface area contributed by atoms with Gasteiger partial charge in [-0.2, -0.15) is 0 Å². The van der Waals surface area contributed by atoms with E-state index in [-0.39, 0.29) is 11.9 Å². The highest BCUT2D eigenvalue weighted by Crippen LogP contribution is 2.31. The molecule has 0 aromatic heterocycles. The number of rotatable bonds is 6. The van der Waals surface area contributed by atoms with E-state index < -0.39 is 10.0 Å². The van der Waals surface area contributed by atoms with E-state index in [1.807, 2.05) is 29.2 Å². The Balaban J connectivity index is 1.73. The molecule has 1 fully saturated rings. The van der Waals surface area contributed by atoms with E-state index >= 15 is 0 Å². The van der Waals surface area contributed by atoms with Crippen LogP contribution in [0.2, 0.25) is 0 Å². The first-order chi connectivity index (χ1) is 14.4. The minimum Gasteiger partial charge on any atom is -0.497 e. The number of amides is 1. The van der Waals surface area contributed by atoms with Gasteiger partial charge in [-0.15, -0.1) is 0 Å². The van der Waals surface area contributed by atoms with Gasteiger partial charge in [0.1, 0.15) is 5.75 Å². The zero-order valence-corrected chi connectivity index (χ0v) is 18.2. The fraction of sp³-hybridized carbons (Fsp3) is 0.348. The predicted octanol–water partition coefficient (Wildman–Crippen LogP) is 4.22. The molecule has 0 bridgehead atoms. The average Bonchev–Trinajstić information content (AvgIpc) is 2.98. The van der Waals surface area contributed by atoms with Crippen molar-refractivity contribution in [3.8, 4) is 5.75 Å². The normalized spacial score (nSPS) is 17.5. The van der Waals surface area contributed by atoms with Crippen LogP contribution in [0.1, 0.15) is 42.9 Å². The van der Waals surface area contributed by atoms with Crippen LogP contribution in [0.4, 0.5) is 5.69 Å². The van der Waals surface area contributed by atoms with Gasteiger partial charge in [0.05, 0.1) is 19.4 Å². The maximum Gasteiger partial charge on any atom is 0.247 e. The first-order valence-corrected chi connectivity index (χ1v) is 12.0. The third-order valence-corrected chi connectivity index (χ3v) is 5.78. The third-order valence-electron chi connectivity index (χ3n) is 5.17. The summed E-state index contributed by atoms with van der Waals surface area (Å²) in [5, 5.41) is 0. The summed E-state index contributed by atoms with van der Waals surface area (Å²) >= 11 is 0. The smallest absolute Gasteiger partial charge is 0.247 e. The van der Waals surface area contributed by atoms with E-state index in [4.69, 9.17) is 4.74 Å². The molecular formula is C23H28N2O4S. The van der Waals surface area contributed by atoms with Crippen LogP contribution in [0.5, 0.6) is 5.75 Å². The maximum absolute atomic E-state index is 13.0. The van der Waals surface area contributed by atoms with Crippen LogP contribution in [0.15, 0.2) is 54.6 Å². The van der Waals surface area contributed by atoms with Crippen LogP contribution < -0.4 is 9.46 Å². The van der Waals surface area contributed by atoms with Gasteiger partial charge in [0, 0.05) is 18.3 Å². The summed E-state index contributed by atoms with van der Waals surface area (Å²) in [5.41, 5.74) is 2.45. The number of benzene rings is 2. The molecule has 1 aliphatic heterocycles. The quantitative estimate of drug-likeness (QED) is 0.699. The Hall–Kier alpha value is -2.80. The largest absolute Gasteiger partial charge is 0.497 e. The molecule has 1 N–H and O–H groups in total. The number of hydrogen-bond donors (Lipinski definition) is 1. The van der Waals surface area contributed by atoms with Crippen LogP contribution >= 0.6 is 0 Å². The van der Waals surface area contributed by atoms with Crippen LogP contribution in [-0.4, -0.2) is 39.1 Å². The number of nitrogens with zero attached hydrogens (tertiary/aromatic N) is 1. The van der Waals surface area contributed by atoms with Crippen molar-refractivity contribution in [1.82, 2.24) is 4.90 Å². The molecule has 1 aliphatic rings. The molecule has 7 heteroatoms. The summed E-state index contributed by atoms with van der Waals surface area (Å²) in [6, 6.07) is 14.9. The van der Waals surface area contributed by atoms with Gasteiger partial charge in [-0.1, -0.05) is 37.1 Å². The number of anilines is 1. The number of carbonyl (C=O) groups excluding carboxylic acids is 1. The number of ether oxygens (including phenoxy) is 1. The van der Waals surface area contributed by atoms with E-state index in [0.29, 0.717) is 5.69 Å². The number of likely N-dealkylation sites (tertiary alicyclic amines) is 1. The maximum atomic E-state index is 13.0. The lowest BCUT2D eigenvalue weighted by atomic mass is 10.0. The van der Waals surface area contributed by atoms with Crippen molar-refractivity contribution >= 4 is 27.7 Å². The zero-order valence-electron chi connectivity index (χ0n) is 17.4. The molecule has 160 valence electrons. The monoisotopic (exact) mass is 428 g/mol. The molecule has 6 nitrogen and oxygen atoms in total. The third kappa shape index (κ3) is 6.10. The molecule has 1 heterocycles. The SMILES string of the molecule is COc1ccc(C2CCCCCN2C(=O)/C=C/c2ccc(NS(C)(=O)=O)cc2)cc1. The Kier molecular flexibility index (Phi) is 7.15. The summed E-state index contributed by atoms with van der Waals surface area (Å²) in [6.07, 6.45) is 8.63. The second-order valence-corrected chi connectivity index (χ2v) is 9.25. The topological polar surface area (TPSA) is 75.7 Å². The molecule has 1 atom stereocenters. The molecule has 0 radical (unpaired) electrons. The molecule has 0 spiro atoms. The lowest BCUT2D eigenvalue weighted by Crippen LogP contribution is -2.33. The van der Waals surface area contributed by atoms with Gasteiger partial charge < -0.3 is 9.64 Å². The Bertz CT molecular complexity index is 983. The van der Waals surface area contributed by atoms with Gasteiger partial charge >= 0.3 is 0 Å². The number of hydrogen-bond acceptors (Lipinski definition) is 4. The van der Waals surface area contributed by atoms with Gasteiger partial charge in [0.25, 0.3) is 0 Å². The molecule has 2 aromatic carbocycles. The second-order valence-electron chi connectivity index (χ2n) is 7.50. The number of carbonyl (C=O) groups is 1. The minimum atomic E-state index is -3.31. The van der Waals surface area contributed by atoms with Crippen molar-refractivity contribution < 1.29 is 17.9 Å². The lowest BCUT2D eigenvalue weighted by molar-refractivity contribution is -0.128. The summed E-state index contributed by atoms with van der Waals surface area (Å²) in [4.78, 5) is 15.0. The van der Waals surface area contributed by atoms with Crippen molar-refractivity contribution in [2.45, 2.75) is 31.7 Å². The fourth-order valence-corrected chi connectivity index (χ4v) is 4.25. The Morgan fingerprint density at radius 1 is 1.07 bits per heavy atom. The van der Waals surface area contributed by atoms with Crippen LogP contribution in [0, 0.1) is 0 Å². The number of methoxy groups -OCH3 is 1. The van der Waals surface area contributed by atoms with E-state index in [2.05, 4.69) is 4.72 Å². The van der Waals surface area contributed by atoms with Crippen molar-refractivity contribution in [2.24, 2.45) is 0 Å². The van der Waals surface area contributed by atoms with E-state index in [0.717, 1.165) is 55.4 Å². The van der Waals surface area contributed by atoms with Gasteiger partial charge in [0.2, 0.25) is 15.9 Å². The summed E-state index contributed by atoms with van der Waals surface area (Å²) in [7, 11) is -1.66. The molecule has 0 aliphatic carbocycles. The molecule has 1 saturated heterocycles. The van der Waals surface area contributed by atoms with Gasteiger partial charge in [-0.05, 0) is 54.3 Å². The Morgan fingerprint density at radius 2 is 1.77 bits per heavy atom. The number of sulfonamides is 1. The highest BCUT2D eigenvalue weighted by Gasteiger charge is 2.25. The lowest BCUT2D eigenvalue weighted by Gasteiger charge is -2.29. The summed E-state index contributed by atoms with van der Waals surface area (Å²) in [5.74, 6) is 0.787. The zero-order chi connectivity index (χ0) is 21.6. The highest BCUT2D eigenvalue weighted by atomic mass is 32.2. The average molecular weight is 429 g/mol. The van der Waals surface area contributed by atoms with Crippen LogP contribution in [-0.2, 0) is 14.8 Å². The minimum absolute atomic E-state index is 0.0175. The molecule has 30 heavy (non-hydrogen) atoms. The molecule has 1 unspecified atom stereocenters. The predicted molar refractivity (Wildman–Crippen MR) is 120 cm³/mol. The van der Waals surface area contributed by atoms with Crippen molar-refractivity contribution in [3.63, 3.8) is 0 Å². The number of nitrogens with one attached hydrogen (secondary N) is 1. The molecule has 1 amide bonds. The molecular weight excluding hydrogens is 400 g/mol. The van der Waals surface area contributed by atoms with Crippen molar-refractivity contribution in [3.05, 3.63) is 65.7 Å². The van der Waals surface area contributed by atoms with Gasteiger partial charge in [-0.25, -0.2) is 8.42 Å². The molecule has 2 aromatic rings. The molecule has 3 rings (SSSR count). The fourth-order valence-electron chi connectivity index (χ4n) is 3.68. The summed E-state index contributed by atoms with van der Waals surface area (Å²) < 4.78 is 30.3. The molecule has 0 saturated carbocycles. The highest BCUT2D eigenvalue weighted by molar-refractivity contribution is 7.92. The van der Waals surface area contributed by atoms with E-state index in [9.17, 15) is 13.2 Å². The van der Waals surface area contributed by atoms with Crippen molar-refractivity contribution in [2.75, 3.05) is 24.6 Å². The van der Waals surface area contributed by atoms with E-state index in [1.165, 1.54) is 0 Å². The van der Waals surface area contributed by atoms with Gasteiger partial charge in [0.15, 0.2) is 0 Å². The van der Waals surface area contributed by atoms with Crippen LogP contribution in [0.25, 0.3) is 6.08 Å². The van der Waals surface area contributed by atoms with Crippen LogP contribution in [0.3, 0.4) is 0 Å². The van der Waals surface area contributed by atoms with Gasteiger partial charge in [-0.3, -0.25) is 9.52 Å². The standard InChI is InChI=1S/C23H28N2O4S/c1-29-21-14-10-19(11-15-21)22-6-4-3-5-17-25(22)23(26)16-9-18-7-12-20(13-8-18)24-30(2,27)28/h7-16,22,24H,3-6,17H2,1-2H3/b16-9+. The first-order valence-electron chi connectivity index (χ1n) is 10.1. The summed E-state index contributed by atoms with van der Waals surface area (Å²) in [6.45, 7) is 0.733. The Morgan fingerprint density at radius 3 is 2.40 bits per heavy atom. The Labute approximate surface area is 178 Å². The second kappa shape index (κ2) is 9.80. The van der Waals surface area contributed by atoms with E-state index in [1.54, 1.807) is 43.5 Å². The first kappa shape index (κ1) is 21.9.